The number of imide groups is 1. The summed E-state index contributed by atoms with van der Waals surface area (Å²) in [6.07, 6.45) is -0.332. The Morgan fingerprint density at radius 1 is 1.36 bits per heavy atom. The summed E-state index contributed by atoms with van der Waals surface area (Å²) in [4.78, 5) is 24.7. The lowest BCUT2D eigenvalue weighted by Gasteiger charge is -2.31. The lowest BCUT2D eigenvalue weighted by molar-refractivity contribution is -0.794. The number of carbonyl (C=O) groups excluding carboxylic acids is 1. The summed E-state index contributed by atoms with van der Waals surface area (Å²) in [5.74, 6) is -0.125. The Bertz CT molecular complexity index is 572. The molecule has 2 amide bonds. The normalized spacial score (nSPS) is 29.3. The topological polar surface area (TPSA) is 54.4 Å². The van der Waals surface area contributed by atoms with E-state index in [1.54, 1.807) is 6.92 Å². The van der Waals surface area contributed by atoms with Crippen molar-refractivity contribution in [3.8, 4) is 0 Å². The van der Waals surface area contributed by atoms with E-state index in [2.05, 4.69) is 12.6 Å². The van der Waals surface area contributed by atoms with Gasteiger partial charge < -0.3 is 5.11 Å². The molecule has 2 unspecified atom stereocenters. The van der Waals surface area contributed by atoms with Crippen molar-refractivity contribution in [2.45, 2.75) is 39.2 Å². The molecular formula is C17H24NO3S+. The number of carboxylic acid groups (broad SMARTS) is 1. The van der Waals surface area contributed by atoms with Crippen molar-refractivity contribution in [2.75, 3.05) is 12.3 Å². The highest BCUT2D eigenvalue weighted by Crippen LogP contribution is 2.39. The van der Waals surface area contributed by atoms with Crippen LogP contribution in [0, 0.1) is 12.8 Å². The third kappa shape index (κ3) is 2.79. The Morgan fingerprint density at radius 2 is 1.95 bits per heavy atom. The number of thiol groups is 1. The van der Waals surface area contributed by atoms with Crippen molar-refractivity contribution in [2.24, 2.45) is 5.92 Å². The fraction of sp³-hybridized carbons (Fsp3) is 0.529. The number of carbonyl (C=O) groups is 2. The van der Waals surface area contributed by atoms with Gasteiger partial charge in [-0.05, 0) is 26.3 Å². The molecule has 4 atom stereocenters. The number of likely N-dealkylation sites (tertiary alicyclic amines) is 1. The minimum atomic E-state index is -1.04. The second-order valence-electron chi connectivity index (χ2n) is 6.45. The molecule has 1 heterocycles. The van der Waals surface area contributed by atoms with Gasteiger partial charge in [0.15, 0.2) is 0 Å². The molecule has 0 radical (unpaired) electrons. The van der Waals surface area contributed by atoms with Crippen LogP contribution in [0.2, 0.25) is 0 Å². The molecule has 120 valence electrons. The maximum absolute atomic E-state index is 12.7. The number of amides is 2. The molecule has 22 heavy (non-hydrogen) atoms. The van der Waals surface area contributed by atoms with Crippen molar-refractivity contribution in [1.82, 2.24) is 0 Å². The first-order valence-electron chi connectivity index (χ1n) is 7.66. The maximum Gasteiger partial charge on any atom is 0.521 e. The first-order valence-corrected chi connectivity index (χ1v) is 8.29. The van der Waals surface area contributed by atoms with Crippen molar-refractivity contribution >= 4 is 24.6 Å². The Kier molecular flexibility index (Phi) is 4.97. The van der Waals surface area contributed by atoms with E-state index in [1.165, 1.54) is 5.56 Å². The van der Waals surface area contributed by atoms with E-state index in [0.717, 1.165) is 5.56 Å². The number of hydrogen-bond acceptors (Lipinski definition) is 3. The molecule has 1 aromatic rings. The van der Waals surface area contributed by atoms with E-state index in [9.17, 15) is 14.7 Å². The van der Waals surface area contributed by atoms with E-state index < -0.39 is 10.6 Å². The molecule has 1 saturated heterocycles. The van der Waals surface area contributed by atoms with Crippen molar-refractivity contribution in [3.63, 3.8) is 0 Å². The van der Waals surface area contributed by atoms with Crippen LogP contribution in [0.15, 0.2) is 24.3 Å². The van der Waals surface area contributed by atoms with Gasteiger partial charge in [0.1, 0.15) is 12.6 Å². The highest BCUT2D eigenvalue weighted by Gasteiger charge is 2.57. The minimum absolute atomic E-state index is 0.0998. The number of rotatable bonds is 3. The molecule has 0 bridgehead atoms. The van der Waals surface area contributed by atoms with Crippen molar-refractivity contribution in [1.29, 1.82) is 0 Å². The zero-order valence-corrected chi connectivity index (χ0v) is 14.2. The summed E-state index contributed by atoms with van der Waals surface area (Å²) >= 11 is 4.16. The van der Waals surface area contributed by atoms with Gasteiger partial charge in [-0.1, -0.05) is 29.8 Å². The van der Waals surface area contributed by atoms with Crippen LogP contribution in [-0.2, 0) is 4.79 Å². The minimum Gasteiger partial charge on any atom is -0.435 e. The average Bonchev–Trinajstić information content (AvgIpc) is 2.85. The third-order valence-electron chi connectivity index (χ3n) is 4.87. The predicted octanol–water partition coefficient (Wildman–Crippen LogP) is 3.46. The maximum atomic E-state index is 12.7. The number of aryl methyl sites for hydroxylation is 1. The lowest BCUT2D eigenvalue weighted by atomic mass is 9.96. The summed E-state index contributed by atoms with van der Waals surface area (Å²) < 4.78 is -0.472. The molecular weight excluding hydrogens is 298 g/mol. The highest BCUT2D eigenvalue weighted by atomic mass is 32.1. The summed E-state index contributed by atoms with van der Waals surface area (Å²) in [7, 11) is 0. The first-order chi connectivity index (χ1) is 10.3. The molecule has 1 N–H and O–H groups in total. The van der Waals surface area contributed by atoms with Crippen LogP contribution in [0.25, 0.3) is 0 Å². The van der Waals surface area contributed by atoms with E-state index >= 15 is 0 Å². The van der Waals surface area contributed by atoms with Gasteiger partial charge in [-0.3, -0.25) is 0 Å². The fourth-order valence-corrected chi connectivity index (χ4v) is 3.57. The van der Waals surface area contributed by atoms with Crippen molar-refractivity contribution in [3.05, 3.63) is 35.4 Å². The van der Waals surface area contributed by atoms with Crippen LogP contribution >= 0.6 is 12.6 Å². The molecule has 5 heteroatoms. The van der Waals surface area contributed by atoms with Gasteiger partial charge >= 0.3 is 12.0 Å². The second-order valence-corrected chi connectivity index (χ2v) is 6.81. The summed E-state index contributed by atoms with van der Waals surface area (Å²) in [5.41, 5.74) is 2.29. The molecule has 1 aliphatic rings. The lowest BCUT2D eigenvalue weighted by Crippen LogP contribution is -2.60. The largest absolute Gasteiger partial charge is 0.521 e. The van der Waals surface area contributed by atoms with Gasteiger partial charge in [-0.2, -0.15) is 21.9 Å². The molecule has 2 rings (SSSR count). The smallest absolute Gasteiger partial charge is 0.435 e. The Morgan fingerprint density at radius 3 is 2.45 bits per heavy atom. The van der Waals surface area contributed by atoms with Crippen LogP contribution in [0.4, 0.5) is 4.79 Å². The number of quaternary nitrogens is 1. The van der Waals surface area contributed by atoms with E-state index in [4.69, 9.17) is 0 Å². The summed E-state index contributed by atoms with van der Waals surface area (Å²) in [5, 5.41) is 9.78. The van der Waals surface area contributed by atoms with E-state index in [-0.39, 0.29) is 23.8 Å². The van der Waals surface area contributed by atoms with E-state index in [0.29, 0.717) is 18.7 Å². The van der Waals surface area contributed by atoms with Gasteiger partial charge in [-0.15, -0.1) is 0 Å². The average molecular weight is 322 g/mol. The number of benzene rings is 1. The monoisotopic (exact) mass is 322 g/mol. The Hall–Kier alpha value is -1.33. The van der Waals surface area contributed by atoms with Crippen molar-refractivity contribution < 1.29 is 19.2 Å². The summed E-state index contributed by atoms with van der Waals surface area (Å²) in [6, 6.07) is 7.93. The van der Waals surface area contributed by atoms with E-state index in [1.807, 2.05) is 38.1 Å². The predicted molar refractivity (Wildman–Crippen MR) is 89.2 cm³/mol. The molecule has 1 aliphatic heterocycles. The van der Waals surface area contributed by atoms with Crippen LogP contribution in [-0.4, -0.2) is 39.9 Å². The zero-order chi connectivity index (χ0) is 16.5. The highest BCUT2D eigenvalue weighted by molar-refractivity contribution is 7.80. The molecule has 1 fully saturated rings. The standard InChI is InChI=1S/C17H23NO3S/c1-11-4-6-14(7-5-11)15-8-13(3)18(9-15,17(20)21)16(19)12(2)10-22/h4-7,12-13,15H,8-10H2,1-3H3,(H-,20,21,22)/p+1/t12?,13?,15-,18-/m0/s1. The quantitative estimate of drug-likeness (QED) is 0.662. The van der Waals surface area contributed by atoms with Gasteiger partial charge in [0.05, 0.1) is 5.92 Å². The van der Waals surface area contributed by atoms with Crippen LogP contribution in [0.5, 0.6) is 0 Å². The van der Waals surface area contributed by atoms with Crippen LogP contribution < -0.4 is 0 Å². The molecule has 0 spiro atoms. The molecule has 0 aromatic heterocycles. The SMILES string of the molecule is Cc1ccc([C@H]2CC(C)[N@+](C(=O)O)(C(=O)C(C)CS)C2)cc1. The Balaban J connectivity index is 2.35. The van der Waals surface area contributed by atoms with Gasteiger partial charge in [-0.25, -0.2) is 4.79 Å². The van der Waals surface area contributed by atoms with Gasteiger partial charge in [0.25, 0.3) is 0 Å². The van der Waals surface area contributed by atoms with Crippen LogP contribution in [0.3, 0.4) is 0 Å². The zero-order valence-electron chi connectivity index (χ0n) is 13.3. The first kappa shape index (κ1) is 17.0. The number of nitrogens with zero attached hydrogens (tertiary/aromatic N) is 1. The molecule has 0 saturated carbocycles. The van der Waals surface area contributed by atoms with Gasteiger partial charge in [0, 0.05) is 18.1 Å². The third-order valence-corrected chi connectivity index (χ3v) is 5.41. The van der Waals surface area contributed by atoms with Crippen LogP contribution in [0.1, 0.15) is 37.3 Å². The second kappa shape index (κ2) is 6.42. The molecule has 1 aromatic carbocycles. The molecule has 4 nitrogen and oxygen atoms in total. The summed E-state index contributed by atoms with van der Waals surface area (Å²) in [6.45, 7) is 5.97. The number of hydrogen-bond donors (Lipinski definition) is 2. The molecule has 0 aliphatic carbocycles. The van der Waals surface area contributed by atoms with Gasteiger partial charge in [0.2, 0.25) is 0 Å². The fourth-order valence-electron chi connectivity index (χ4n) is 3.41. The Labute approximate surface area is 137 Å².